The first-order valence-electron chi connectivity index (χ1n) is 5.37. The van der Waals surface area contributed by atoms with Gasteiger partial charge in [0.05, 0.1) is 0 Å². The molecule has 0 aliphatic heterocycles. The van der Waals surface area contributed by atoms with E-state index in [-0.39, 0.29) is 5.91 Å². The fraction of sp³-hybridized carbons (Fsp3) is 0.417. The molecule has 16 heavy (non-hydrogen) atoms. The van der Waals surface area contributed by atoms with Crippen molar-refractivity contribution in [3.63, 3.8) is 0 Å². The maximum absolute atomic E-state index is 10.5. The number of benzene rings is 1. The molecule has 0 heterocycles. The van der Waals surface area contributed by atoms with Crippen molar-refractivity contribution >= 4 is 5.91 Å². The highest BCUT2D eigenvalue weighted by molar-refractivity contribution is 5.73. The van der Waals surface area contributed by atoms with Crippen molar-refractivity contribution in [3.05, 3.63) is 29.3 Å². The molecule has 0 atom stereocenters. The summed E-state index contributed by atoms with van der Waals surface area (Å²) in [5.41, 5.74) is 7.01. The van der Waals surface area contributed by atoms with E-state index in [1.54, 1.807) is 6.07 Å². The largest absolute Gasteiger partial charge is 0.508 e. The first-order valence-corrected chi connectivity index (χ1v) is 5.37. The number of rotatable bonds is 6. The molecular formula is C12H18N2O2. The van der Waals surface area contributed by atoms with Crippen LogP contribution in [0.5, 0.6) is 5.75 Å². The molecule has 4 N–H and O–H groups in total. The molecule has 0 saturated carbocycles. The molecule has 0 saturated heterocycles. The number of hydrogen-bond acceptors (Lipinski definition) is 3. The standard InChI is InChI=1S/C12H18N2O2/c1-9-4-5-11(15)10(7-9)8-14-6-2-3-12(13)16/h4-5,7,14-15H,2-3,6,8H2,1H3,(H2,13,16). The zero-order valence-electron chi connectivity index (χ0n) is 9.49. The smallest absolute Gasteiger partial charge is 0.217 e. The molecule has 1 amide bonds. The summed E-state index contributed by atoms with van der Waals surface area (Å²) in [6, 6.07) is 5.50. The Morgan fingerprint density at radius 2 is 2.25 bits per heavy atom. The topological polar surface area (TPSA) is 75.3 Å². The van der Waals surface area contributed by atoms with Gasteiger partial charge < -0.3 is 16.2 Å². The number of aromatic hydroxyl groups is 1. The minimum atomic E-state index is -0.278. The quantitative estimate of drug-likeness (QED) is 0.630. The van der Waals surface area contributed by atoms with Crippen molar-refractivity contribution in [2.24, 2.45) is 5.73 Å². The van der Waals surface area contributed by atoms with Crippen LogP contribution in [0.4, 0.5) is 0 Å². The zero-order valence-corrected chi connectivity index (χ0v) is 9.49. The average molecular weight is 222 g/mol. The third-order valence-corrected chi connectivity index (χ3v) is 2.33. The van der Waals surface area contributed by atoms with Gasteiger partial charge in [-0.2, -0.15) is 0 Å². The Kier molecular flexibility index (Phi) is 4.79. The molecule has 0 bridgehead atoms. The molecule has 4 nitrogen and oxygen atoms in total. The summed E-state index contributed by atoms with van der Waals surface area (Å²) in [5.74, 6) is 0.0215. The Balaban J connectivity index is 2.31. The summed E-state index contributed by atoms with van der Waals surface area (Å²) in [4.78, 5) is 10.5. The minimum absolute atomic E-state index is 0.278. The third kappa shape index (κ3) is 4.31. The van der Waals surface area contributed by atoms with Gasteiger partial charge in [-0.1, -0.05) is 17.7 Å². The van der Waals surface area contributed by atoms with Crippen LogP contribution in [0.15, 0.2) is 18.2 Å². The van der Waals surface area contributed by atoms with E-state index in [0.717, 1.165) is 24.1 Å². The minimum Gasteiger partial charge on any atom is -0.508 e. The van der Waals surface area contributed by atoms with E-state index in [1.165, 1.54) is 0 Å². The summed E-state index contributed by atoms with van der Waals surface area (Å²) in [6.45, 7) is 3.30. The zero-order chi connectivity index (χ0) is 12.0. The number of carbonyl (C=O) groups excluding carboxylic acids is 1. The van der Waals surface area contributed by atoms with Gasteiger partial charge in [0.1, 0.15) is 5.75 Å². The maximum Gasteiger partial charge on any atom is 0.217 e. The second kappa shape index (κ2) is 6.12. The molecule has 0 radical (unpaired) electrons. The first-order chi connectivity index (χ1) is 7.59. The summed E-state index contributed by atoms with van der Waals surface area (Å²) in [5, 5.41) is 12.7. The van der Waals surface area contributed by atoms with Crippen LogP contribution in [0.2, 0.25) is 0 Å². The second-order valence-electron chi connectivity index (χ2n) is 3.88. The lowest BCUT2D eigenvalue weighted by molar-refractivity contribution is -0.118. The SMILES string of the molecule is Cc1ccc(O)c(CNCCCC(N)=O)c1. The molecule has 1 aromatic carbocycles. The van der Waals surface area contributed by atoms with E-state index >= 15 is 0 Å². The Labute approximate surface area is 95.5 Å². The summed E-state index contributed by atoms with van der Waals surface area (Å²) in [7, 11) is 0. The molecule has 0 unspecified atom stereocenters. The Hall–Kier alpha value is -1.55. The molecule has 0 aliphatic rings. The summed E-state index contributed by atoms with van der Waals surface area (Å²) < 4.78 is 0. The second-order valence-corrected chi connectivity index (χ2v) is 3.88. The van der Waals surface area contributed by atoms with Gasteiger partial charge in [-0.15, -0.1) is 0 Å². The Morgan fingerprint density at radius 1 is 1.50 bits per heavy atom. The van der Waals surface area contributed by atoms with Gasteiger partial charge in [0.25, 0.3) is 0 Å². The molecule has 88 valence electrons. The van der Waals surface area contributed by atoms with Crippen LogP contribution in [-0.4, -0.2) is 17.6 Å². The average Bonchev–Trinajstić information content (AvgIpc) is 2.22. The normalized spacial score (nSPS) is 10.3. The summed E-state index contributed by atoms with van der Waals surface area (Å²) >= 11 is 0. The van der Waals surface area contributed by atoms with Crippen molar-refractivity contribution in [2.75, 3.05) is 6.54 Å². The van der Waals surface area contributed by atoms with Crippen LogP contribution in [0.1, 0.15) is 24.0 Å². The van der Waals surface area contributed by atoms with Crippen molar-refractivity contribution < 1.29 is 9.90 Å². The predicted octanol–water partition coefficient (Wildman–Crippen LogP) is 1.06. The number of hydrogen-bond donors (Lipinski definition) is 3. The van der Waals surface area contributed by atoms with Gasteiger partial charge in [-0.3, -0.25) is 4.79 Å². The number of nitrogens with two attached hydrogens (primary N) is 1. The van der Waals surface area contributed by atoms with Crippen LogP contribution in [0.3, 0.4) is 0 Å². The van der Waals surface area contributed by atoms with Crippen LogP contribution in [-0.2, 0) is 11.3 Å². The van der Waals surface area contributed by atoms with E-state index < -0.39 is 0 Å². The van der Waals surface area contributed by atoms with Crippen LogP contribution in [0, 0.1) is 6.92 Å². The summed E-state index contributed by atoms with van der Waals surface area (Å²) in [6.07, 6.45) is 1.12. The highest BCUT2D eigenvalue weighted by atomic mass is 16.3. The van der Waals surface area contributed by atoms with Gasteiger partial charge in [0.15, 0.2) is 0 Å². The lowest BCUT2D eigenvalue weighted by Crippen LogP contribution is -2.18. The molecule has 0 spiro atoms. The number of aryl methyl sites for hydroxylation is 1. The van der Waals surface area contributed by atoms with Gasteiger partial charge in [0.2, 0.25) is 5.91 Å². The maximum atomic E-state index is 10.5. The first kappa shape index (κ1) is 12.5. The van der Waals surface area contributed by atoms with E-state index in [4.69, 9.17) is 5.73 Å². The number of phenolic OH excluding ortho intramolecular Hbond substituents is 1. The number of nitrogens with one attached hydrogen (secondary N) is 1. The van der Waals surface area contributed by atoms with E-state index in [9.17, 15) is 9.90 Å². The van der Waals surface area contributed by atoms with Crippen molar-refractivity contribution in [2.45, 2.75) is 26.3 Å². The third-order valence-electron chi connectivity index (χ3n) is 2.33. The highest BCUT2D eigenvalue weighted by Crippen LogP contribution is 2.17. The van der Waals surface area contributed by atoms with Gasteiger partial charge in [0, 0.05) is 18.5 Å². The molecule has 0 aromatic heterocycles. The number of amides is 1. The monoisotopic (exact) mass is 222 g/mol. The Bertz CT molecular complexity index is 364. The Morgan fingerprint density at radius 3 is 2.94 bits per heavy atom. The fourth-order valence-corrected chi connectivity index (χ4v) is 1.47. The van der Waals surface area contributed by atoms with E-state index in [1.807, 2.05) is 19.1 Å². The molecule has 4 heteroatoms. The van der Waals surface area contributed by atoms with Gasteiger partial charge >= 0.3 is 0 Å². The van der Waals surface area contributed by atoms with Crippen molar-refractivity contribution in [1.82, 2.24) is 5.32 Å². The van der Waals surface area contributed by atoms with Crippen molar-refractivity contribution in [1.29, 1.82) is 0 Å². The van der Waals surface area contributed by atoms with Gasteiger partial charge in [-0.25, -0.2) is 0 Å². The lowest BCUT2D eigenvalue weighted by atomic mass is 10.1. The van der Waals surface area contributed by atoms with Crippen LogP contribution < -0.4 is 11.1 Å². The lowest BCUT2D eigenvalue weighted by Gasteiger charge is -2.07. The fourth-order valence-electron chi connectivity index (χ4n) is 1.47. The van der Waals surface area contributed by atoms with E-state index in [0.29, 0.717) is 18.7 Å². The molecule has 0 fully saturated rings. The number of carbonyl (C=O) groups is 1. The molecule has 0 aliphatic carbocycles. The molecule has 1 aromatic rings. The van der Waals surface area contributed by atoms with Crippen LogP contribution in [0.25, 0.3) is 0 Å². The number of phenols is 1. The van der Waals surface area contributed by atoms with Gasteiger partial charge in [-0.05, 0) is 26.0 Å². The van der Waals surface area contributed by atoms with Crippen molar-refractivity contribution in [3.8, 4) is 5.75 Å². The van der Waals surface area contributed by atoms with E-state index in [2.05, 4.69) is 5.32 Å². The predicted molar refractivity (Wildman–Crippen MR) is 63.0 cm³/mol. The molecule has 1 rings (SSSR count). The molecular weight excluding hydrogens is 204 g/mol. The van der Waals surface area contributed by atoms with Crippen LogP contribution >= 0.6 is 0 Å². The highest BCUT2D eigenvalue weighted by Gasteiger charge is 2.00. The number of primary amides is 1.